The summed E-state index contributed by atoms with van der Waals surface area (Å²) >= 11 is 0. The molecule has 2 heterocycles. The topological polar surface area (TPSA) is 101 Å². The molecule has 1 atom stereocenters. The van der Waals surface area contributed by atoms with E-state index in [1.165, 1.54) is 5.56 Å². The number of aryl methyl sites for hydroxylation is 1. The molecular weight excluding hydrogens is 454 g/mol. The number of nitrogens with zero attached hydrogens (tertiary/aromatic N) is 2. The van der Waals surface area contributed by atoms with Crippen LogP contribution in [0.5, 0.6) is 5.75 Å². The molecule has 3 aromatic rings. The van der Waals surface area contributed by atoms with E-state index in [1.807, 2.05) is 48.7 Å². The Morgan fingerprint density at radius 2 is 1.53 bits per heavy atom. The maximum Gasteiger partial charge on any atom is 0.303 e. The Kier molecular flexibility index (Phi) is 11.4. The van der Waals surface area contributed by atoms with Gasteiger partial charge in [0.15, 0.2) is 0 Å². The number of carboxylic acid groups (broad SMARTS) is 1. The van der Waals surface area contributed by atoms with Gasteiger partial charge in [0.2, 0.25) is 5.91 Å². The number of aromatic nitrogens is 2. The molecule has 1 unspecified atom stereocenters. The lowest BCUT2D eigenvalue weighted by Gasteiger charge is -2.18. The summed E-state index contributed by atoms with van der Waals surface area (Å²) in [7, 11) is 0. The third-order valence-corrected chi connectivity index (χ3v) is 5.95. The van der Waals surface area contributed by atoms with Crippen LogP contribution in [0.3, 0.4) is 0 Å². The van der Waals surface area contributed by atoms with E-state index in [0.29, 0.717) is 25.9 Å². The van der Waals surface area contributed by atoms with Gasteiger partial charge in [-0.25, -0.2) is 0 Å². The molecule has 190 valence electrons. The summed E-state index contributed by atoms with van der Waals surface area (Å²) in [6.45, 7) is 0.438. The predicted octanol–water partition coefficient (Wildman–Crippen LogP) is 5.14. The highest BCUT2D eigenvalue weighted by molar-refractivity contribution is 5.76. The van der Waals surface area contributed by atoms with Gasteiger partial charge in [0.05, 0.1) is 0 Å². The molecule has 1 amide bonds. The number of hydrogen-bond acceptors (Lipinski definition) is 5. The van der Waals surface area contributed by atoms with E-state index >= 15 is 0 Å². The molecule has 2 aromatic heterocycles. The molecular formula is C29H35N3O4. The summed E-state index contributed by atoms with van der Waals surface area (Å²) in [5.74, 6) is -0.131. The number of hydrogen-bond donors (Lipinski definition) is 2. The fourth-order valence-electron chi connectivity index (χ4n) is 3.99. The van der Waals surface area contributed by atoms with E-state index < -0.39 is 5.97 Å². The summed E-state index contributed by atoms with van der Waals surface area (Å²) in [5, 5.41) is 12.2. The average molecular weight is 490 g/mol. The van der Waals surface area contributed by atoms with Crippen molar-refractivity contribution < 1.29 is 19.4 Å². The molecule has 7 nitrogen and oxygen atoms in total. The van der Waals surface area contributed by atoms with Crippen LogP contribution in [0.15, 0.2) is 73.3 Å². The van der Waals surface area contributed by atoms with Gasteiger partial charge in [0, 0.05) is 49.2 Å². The van der Waals surface area contributed by atoms with Crippen LogP contribution in [0, 0.1) is 0 Å². The highest BCUT2D eigenvalue weighted by Crippen LogP contribution is 2.17. The van der Waals surface area contributed by atoms with Crippen molar-refractivity contribution in [3.63, 3.8) is 0 Å². The molecule has 0 aliphatic heterocycles. The predicted molar refractivity (Wildman–Crippen MR) is 139 cm³/mol. The second-order valence-electron chi connectivity index (χ2n) is 8.97. The van der Waals surface area contributed by atoms with Gasteiger partial charge in [-0.15, -0.1) is 0 Å². The summed E-state index contributed by atoms with van der Waals surface area (Å²) in [6.07, 6.45) is 13.6. The van der Waals surface area contributed by atoms with Crippen LogP contribution < -0.4 is 10.1 Å². The minimum atomic E-state index is -0.859. The largest absolute Gasteiger partial charge is 0.489 e. The molecule has 0 bridgehead atoms. The lowest BCUT2D eigenvalue weighted by Crippen LogP contribution is -2.36. The average Bonchev–Trinajstić information content (AvgIpc) is 2.90. The zero-order valence-corrected chi connectivity index (χ0v) is 20.6. The summed E-state index contributed by atoms with van der Waals surface area (Å²) in [6, 6.07) is 15.4. The zero-order chi connectivity index (χ0) is 25.4. The van der Waals surface area contributed by atoms with Crippen molar-refractivity contribution in [2.45, 2.75) is 70.4 Å². The second kappa shape index (κ2) is 15.3. The van der Waals surface area contributed by atoms with Crippen molar-refractivity contribution in [2.24, 2.45) is 0 Å². The highest BCUT2D eigenvalue weighted by Gasteiger charge is 2.15. The number of nitrogens with one attached hydrogen (secondary N) is 1. The molecule has 0 radical (unpaired) electrons. The van der Waals surface area contributed by atoms with Crippen LogP contribution in [-0.4, -0.2) is 33.0 Å². The quantitative estimate of drug-likeness (QED) is 0.270. The molecule has 0 aliphatic carbocycles. The number of carboxylic acids is 1. The first-order chi connectivity index (χ1) is 17.6. The first kappa shape index (κ1) is 26.9. The Hall–Kier alpha value is -3.74. The van der Waals surface area contributed by atoms with Crippen LogP contribution in [0.1, 0.15) is 61.6 Å². The number of pyridine rings is 2. The van der Waals surface area contributed by atoms with Crippen molar-refractivity contribution in [3.8, 4) is 5.75 Å². The molecule has 0 aliphatic rings. The Morgan fingerprint density at radius 3 is 2.19 bits per heavy atom. The zero-order valence-electron chi connectivity index (χ0n) is 20.6. The molecule has 2 N–H and O–H groups in total. The Labute approximate surface area is 213 Å². The van der Waals surface area contributed by atoms with Gasteiger partial charge in [-0.2, -0.15) is 0 Å². The molecule has 1 aromatic carbocycles. The van der Waals surface area contributed by atoms with Crippen LogP contribution in [0.2, 0.25) is 0 Å². The highest BCUT2D eigenvalue weighted by atomic mass is 16.5. The van der Waals surface area contributed by atoms with Gasteiger partial charge < -0.3 is 15.2 Å². The molecule has 36 heavy (non-hydrogen) atoms. The fraction of sp³-hybridized carbons (Fsp3) is 0.379. The third-order valence-electron chi connectivity index (χ3n) is 5.95. The lowest BCUT2D eigenvalue weighted by molar-refractivity contribution is -0.137. The van der Waals surface area contributed by atoms with Gasteiger partial charge in [-0.05, 0) is 67.5 Å². The van der Waals surface area contributed by atoms with Gasteiger partial charge in [-0.1, -0.05) is 37.1 Å². The number of carbonyl (C=O) groups excluding carboxylic acids is 1. The molecule has 0 spiro atoms. The van der Waals surface area contributed by atoms with Gasteiger partial charge in [0.25, 0.3) is 0 Å². The van der Waals surface area contributed by atoms with Crippen molar-refractivity contribution >= 4 is 11.9 Å². The molecule has 0 saturated heterocycles. The molecule has 0 fully saturated rings. The SMILES string of the molecule is O=C(O)CCC(Cc1ccc(OCc2cccnc2)cc1)NC(=O)CCCCCCc1cccnc1. The first-order valence-electron chi connectivity index (χ1n) is 12.6. The van der Waals surface area contributed by atoms with E-state index in [2.05, 4.69) is 21.4 Å². The summed E-state index contributed by atoms with van der Waals surface area (Å²) in [4.78, 5) is 31.9. The number of rotatable bonds is 16. The summed E-state index contributed by atoms with van der Waals surface area (Å²) in [5.41, 5.74) is 3.26. The Morgan fingerprint density at radius 1 is 0.833 bits per heavy atom. The Balaban J connectivity index is 1.40. The van der Waals surface area contributed by atoms with Crippen LogP contribution >= 0.6 is 0 Å². The molecule has 0 saturated carbocycles. The maximum absolute atomic E-state index is 12.5. The summed E-state index contributed by atoms with van der Waals surface area (Å²) < 4.78 is 5.80. The Bertz CT molecular complexity index is 1040. The molecule has 3 rings (SSSR count). The van der Waals surface area contributed by atoms with E-state index in [4.69, 9.17) is 9.84 Å². The van der Waals surface area contributed by atoms with E-state index in [-0.39, 0.29) is 18.4 Å². The van der Waals surface area contributed by atoms with E-state index in [0.717, 1.165) is 49.0 Å². The second-order valence-corrected chi connectivity index (χ2v) is 8.97. The van der Waals surface area contributed by atoms with Crippen molar-refractivity contribution in [1.82, 2.24) is 15.3 Å². The maximum atomic E-state index is 12.5. The van der Waals surface area contributed by atoms with Crippen LogP contribution in [-0.2, 0) is 29.0 Å². The smallest absolute Gasteiger partial charge is 0.303 e. The monoisotopic (exact) mass is 489 g/mol. The number of unbranched alkanes of at least 4 members (excludes halogenated alkanes) is 3. The number of amides is 1. The van der Waals surface area contributed by atoms with Gasteiger partial charge in [-0.3, -0.25) is 19.6 Å². The lowest BCUT2D eigenvalue weighted by atomic mass is 10.0. The number of carbonyl (C=O) groups is 2. The van der Waals surface area contributed by atoms with Gasteiger partial charge in [0.1, 0.15) is 12.4 Å². The minimum Gasteiger partial charge on any atom is -0.489 e. The molecule has 7 heteroatoms. The van der Waals surface area contributed by atoms with Crippen molar-refractivity contribution in [3.05, 3.63) is 90.0 Å². The van der Waals surface area contributed by atoms with E-state index in [9.17, 15) is 9.59 Å². The third kappa shape index (κ3) is 10.7. The number of benzene rings is 1. The number of ether oxygens (including phenoxy) is 1. The van der Waals surface area contributed by atoms with Crippen LogP contribution in [0.25, 0.3) is 0 Å². The van der Waals surface area contributed by atoms with E-state index in [1.54, 1.807) is 18.6 Å². The number of aliphatic carboxylic acids is 1. The van der Waals surface area contributed by atoms with Crippen molar-refractivity contribution in [1.29, 1.82) is 0 Å². The van der Waals surface area contributed by atoms with Crippen LogP contribution in [0.4, 0.5) is 0 Å². The standard InChI is InChI=1S/C29H35N3O4/c33-28(10-4-2-1-3-7-24-8-5-17-30-20-24)32-26(13-16-29(34)35)19-23-11-14-27(15-12-23)36-22-25-9-6-18-31-21-25/h5-6,8-9,11-12,14-15,17-18,20-21,26H,1-4,7,10,13,16,19,22H2,(H,32,33)(H,34,35). The van der Waals surface area contributed by atoms with Crippen molar-refractivity contribution in [2.75, 3.05) is 0 Å². The van der Waals surface area contributed by atoms with Gasteiger partial charge >= 0.3 is 5.97 Å². The minimum absolute atomic E-state index is 0.0194. The normalized spacial score (nSPS) is 11.6. The first-order valence-corrected chi connectivity index (χ1v) is 12.6. The fourth-order valence-corrected chi connectivity index (χ4v) is 3.99.